The highest BCUT2D eigenvalue weighted by Gasteiger charge is 2.15. The van der Waals surface area contributed by atoms with Crippen molar-refractivity contribution in [1.29, 1.82) is 5.26 Å². The lowest BCUT2D eigenvalue weighted by molar-refractivity contribution is -0.117. The number of fused-ring (bicyclic) bond motifs is 1. The molecule has 1 atom stereocenters. The number of benzene rings is 4. The number of carbonyl (C=O) groups excluding carboxylic acids is 1. The molecule has 0 unspecified atom stereocenters. The molecule has 0 aliphatic heterocycles. The number of rotatable bonds is 9. The van der Waals surface area contributed by atoms with Gasteiger partial charge in [0, 0.05) is 0 Å². The summed E-state index contributed by atoms with van der Waals surface area (Å²) < 4.78 is 11.9. The third kappa shape index (κ3) is 5.92. The topological polar surface area (TPSA) is 71.3 Å². The van der Waals surface area contributed by atoms with Crippen LogP contribution in [0, 0.1) is 11.3 Å². The fourth-order valence-electron chi connectivity index (χ4n) is 3.99. The van der Waals surface area contributed by atoms with Gasteiger partial charge in [-0.2, -0.15) is 5.26 Å². The Morgan fingerprint density at radius 2 is 1.69 bits per heavy atom. The van der Waals surface area contributed by atoms with E-state index in [4.69, 9.17) is 9.47 Å². The summed E-state index contributed by atoms with van der Waals surface area (Å²) >= 11 is 0. The van der Waals surface area contributed by atoms with Crippen LogP contribution in [0.3, 0.4) is 0 Å². The Morgan fingerprint density at radius 3 is 2.47 bits per heavy atom. The Balaban J connectivity index is 1.52. The number of amides is 1. The van der Waals surface area contributed by atoms with Gasteiger partial charge in [0.15, 0.2) is 11.5 Å². The van der Waals surface area contributed by atoms with E-state index in [1.165, 1.54) is 0 Å². The molecule has 0 saturated heterocycles. The molecule has 0 fully saturated rings. The number of nitriles is 1. The van der Waals surface area contributed by atoms with Crippen LogP contribution in [-0.2, 0) is 11.4 Å². The number of nitrogens with one attached hydrogen (secondary N) is 1. The molecule has 0 saturated carbocycles. The van der Waals surface area contributed by atoms with E-state index in [0.717, 1.165) is 21.9 Å². The molecule has 1 N–H and O–H groups in total. The molecule has 0 radical (unpaired) electrons. The van der Waals surface area contributed by atoms with E-state index < -0.39 is 5.91 Å². The normalized spacial score (nSPS) is 12.0. The average Bonchev–Trinajstić information content (AvgIpc) is 2.91. The molecule has 4 aromatic carbocycles. The second-order valence-electron chi connectivity index (χ2n) is 8.34. The van der Waals surface area contributed by atoms with Crippen LogP contribution >= 0.6 is 0 Å². The van der Waals surface area contributed by atoms with Crippen LogP contribution in [0.5, 0.6) is 11.5 Å². The molecular weight excluding hydrogens is 448 g/mol. The van der Waals surface area contributed by atoms with Crippen LogP contribution < -0.4 is 14.8 Å². The summed E-state index contributed by atoms with van der Waals surface area (Å²) in [6.07, 6.45) is 1.56. The Labute approximate surface area is 211 Å². The van der Waals surface area contributed by atoms with Crippen molar-refractivity contribution in [2.24, 2.45) is 0 Å². The standard InChI is InChI=1S/C31H28N2O3/c1-3-35-30-19-23(18-27(20-32)31(34)33-22(2)24-10-5-4-6-11-24)16-17-29(30)36-21-26-14-9-13-25-12-7-8-15-28(25)26/h4-19,22H,3,21H2,1-2H3,(H,33,34)/b27-18+/t22-/m0/s1. The van der Waals surface area contributed by atoms with Crippen molar-refractivity contribution >= 4 is 22.8 Å². The van der Waals surface area contributed by atoms with Crippen LogP contribution in [0.2, 0.25) is 0 Å². The van der Waals surface area contributed by atoms with E-state index in [1.807, 2.05) is 80.6 Å². The van der Waals surface area contributed by atoms with E-state index in [9.17, 15) is 10.1 Å². The summed E-state index contributed by atoms with van der Waals surface area (Å²) in [7, 11) is 0. The molecule has 36 heavy (non-hydrogen) atoms. The summed E-state index contributed by atoms with van der Waals surface area (Å²) in [5.41, 5.74) is 2.74. The minimum absolute atomic E-state index is 0.0182. The minimum atomic E-state index is -0.428. The second-order valence-corrected chi connectivity index (χ2v) is 8.34. The first-order valence-electron chi connectivity index (χ1n) is 11.9. The number of hydrogen-bond acceptors (Lipinski definition) is 4. The fourth-order valence-corrected chi connectivity index (χ4v) is 3.99. The fraction of sp³-hybridized carbons (Fsp3) is 0.161. The van der Waals surface area contributed by atoms with Gasteiger partial charge in [0.1, 0.15) is 18.2 Å². The highest BCUT2D eigenvalue weighted by molar-refractivity contribution is 6.01. The molecule has 0 bridgehead atoms. The summed E-state index contributed by atoms with van der Waals surface area (Å²) in [4.78, 5) is 12.7. The zero-order chi connectivity index (χ0) is 25.3. The van der Waals surface area contributed by atoms with E-state index in [-0.39, 0.29) is 11.6 Å². The van der Waals surface area contributed by atoms with Crippen LogP contribution in [0.1, 0.15) is 36.6 Å². The maximum atomic E-state index is 12.7. The van der Waals surface area contributed by atoms with Crippen molar-refractivity contribution in [1.82, 2.24) is 5.32 Å². The van der Waals surface area contributed by atoms with Gasteiger partial charge in [-0.25, -0.2) is 0 Å². The third-order valence-electron chi connectivity index (χ3n) is 5.85. The highest BCUT2D eigenvalue weighted by atomic mass is 16.5. The van der Waals surface area contributed by atoms with Gasteiger partial charge in [-0.15, -0.1) is 0 Å². The van der Waals surface area contributed by atoms with E-state index in [2.05, 4.69) is 23.5 Å². The summed E-state index contributed by atoms with van der Waals surface area (Å²) in [5.74, 6) is 0.729. The molecule has 5 nitrogen and oxygen atoms in total. The van der Waals surface area contributed by atoms with Crippen LogP contribution in [0.4, 0.5) is 0 Å². The Hall–Kier alpha value is -4.56. The van der Waals surface area contributed by atoms with Gasteiger partial charge in [0.25, 0.3) is 5.91 Å². The van der Waals surface area contributed by atoms with Crippen molar-refractivity contribution in [3.63, 3.8) is 0 Å². The van der Waals surface area contributed by atoms with E-state index in [1.54, 1.807) is 18.2 Å². The zero-order valence-corrected chi connectivity index (χ0v) is 20.4. The van der Waals surface area contributed by atoms with Gasteiger partial charge in [0.05, 0.1) is 12.6 Å². The maximum Gasteiger partial charge on any atom is 0.262 e. The summed E-state index contributed by atoms with van der Waals surface area (Å²) in [6.45, 7) is 4.63. The van der Waals surface area contributed by atoms with E-state index in [0.29, 0.717) is 30.3 Å². The smallest absolute Gasteiger partial charge is 0.262 e. The predicted molar refractivity (Wildman–Crippen MR) is 142 cm³/mol. The number of nitrogens with zero attached hydrogens (tertiary/aromatic N) is 1. The minimum Gasteiger partial charge on any atom is -0.490 e. The maximum absolute atomic E-state index is 12.7. The second kappa shape index (κ2) is 11.7. The van der Waals surface area contributed by atoms with Gasteiger partial charge in [-0.05, 0) is 59.5 Å². The molecule has 0 aromatic heterocycles. The first-order chi connectivity index (χ1) is 17.6. The number of carbonyl (C=O) groups is 1. The van der Waals surface area contributed by atoms with Crippen molar-refractivity contribution < 1.29 is 14.3 Å². The number of hydrogen-bond donors (Lipinski definition) is 1. The lowest BCUT2D eigenvalue weighted by Gasteiger charge is -2.15. The molecule has 0 spiro atoms. The monoisotopic (exact) mass is 476 g/mol. The van der Waals surface area contributed by atoms with Crippen LogP contribution in [-0.4, -0.2) is 12.5 Å². The first-order valence-corrected chi connectivity index (χ1v) is 11.9. The predicted octanol–water partition coefficient (Wildman–Crippen LogP) is 6.60. The SMILES string of the molecule is CCOc1cc(/C=C(\C#N)C(=O)N[C@@H](C)c2ccccc2)ccc1OCc1cccc2ccccc12. The average molecular weight is 477 g/mol. The highest BCUT2D eigenvalue weighted by Crippen LogP contribution is 2.31. The van der Waals surface area contributed by atoms with Gasteiger partial charge < -0.3 is 14.8 Å². The van der Waals surface area contributed by atoms with Crippen LogP contribution in [0.25, 0.3) is 16.8 Å². The number of ether oxygens (including phenoxy) is 2. The largest absolute Gasteiger partial charge is 0.490 e. The molecule has 4 aromatic rings. The van der Waals surface area contributed by atoms with Gasteiger partial charge in [-0.1, -0.05) is 78.9 Å². The molecule has 4 rings (SSSR count). The quantitative estimate of drug-likeness (QED) is 0.218. The Morgan fingerprint density at radius 1 is 0.944 bits per heavy atom. The Kier molecular flexibility index (Phi) is 8.00. The van der Waals surface area contributed by atoms with E-state index >= 15 is 0 Å². The summed E-state index contributed by atoms with van der Waals surface area (Å²) in [5, 5.41) is 14.8. The van der Waals surface area contributed by atoms with Gasteiger partial charge in [-0.3, -0.25) is 4.79 Å². The third-order valence-corrected chi connectivity index (χ3v) is 5.85. The first kappa shape index (κ1) is 24.6. The molecule has 180 valence electrons. The molecule has 1 amide bonds. The Bertz CT molecular complexity index is 1420. The molecule has 0 aliphatic carbocycles. The van der Waals surface area contributed by atoms with Crippen molar-refractivity contribution in [3.8, 4) is 17.6 Å². The lowest BCUT2D eigenvalue weighted by Crippen LogP contribution is -2.27. The molecular formula is C31H28N2O3. The molecule has 5 heteroatoms. The van der Waals surface area contributed by atoms with Gasteiger partial charge in [0.2, 0.25) is 0 Å². The van der Waals surface area contributed by atoms with Crippen molar-refractivity contribution in [2.45, 2.75) is 26.5 Å². The molecule has 0 heterocycles. The van der Waals surface area contributed by atoms with Crippen molar-refractivity contribution in [2.75, 3.05) is 6.61 Å². The lowest BCUT2D eigenvalue weighted by atomic mass is 10.1. The van der Waals surface area contributed by atoms with Crippen LogP contribution in [0.15, 0.2) is 96.6 Å². The zero-order valence-electron chi connectivity index (χ0n) is 20.4. The van der Waals surface area contributed by atoms with Gasteiger partial charge >= 0.3 is 0 Å². The molecule has 0 aliphatic rings. The van der Waals surface area contributed by atoms with Crippen molar-refractivity contribution in [3.05, 3.63) is 113 Å². The summed E-state index contributed by atoms with van der Waals surface area (Å²) in [6, 6.07) is 31.2.